The van der Waals surface area contributed by atoms with E-state index in [4.69, 9.17) is 0 Å². The highest BCUT2D eigenvalue weighted by Gasteiger charge is 2.13. The van der Waals surface area contributed by atoms with Crippen molar-refractivity contribution in [3.05, 3.63) is 66.2 Å². The molecule has 3 aromatic rings. The first-order valence-electron chi connectivity index (χ1n) is 7.60. The van der Waals surface area contributed by atoms with Crippen molar-refractivity contribution >= 4 is 10.8 Å². The smallest absolute Gasteiger partial charge is 0.131 e. The largest absolute Gasteiger partial charge is 0.507 e. The van der Waals surface area contributed by atoms with E-state index >= 15 is 0 Å². The lowest BCUT2D eigenvalue weighted by Crippen LogP contribution is -1.92. The Morgan fingerprint density at radius 2 is 1.62 bits per heavy atom. The van der Waals surface area contributed by atoms with Crippen molar-refractivity contribution in [3.63, 3.8) is 0 Å². The summed E-state index contributed by atoms with van der Waals surface area (Å²) in [5.74, 6) is 0.408. The van der Waals surface area contributed by atoms with Gasteiger partial charge in [-0.15, -0.1) is 0 Å². The van der Waals surface area contributed by atoms with E-state index in [2.05, 4.69) is 31.2 Å². The fourth-order valence-electron chi connectivity index (χ4n) is 2.88. The Bertz CT molecular complexity index is 744. The van der Waals surface area contributed by atoms with Gasteiger partial charge in [-0.05, 0) is 29.4 Å². The molecule has 1 N–H and O–H groups in total. The van der Waals surface area contributed by atoms with Gasteiger partial charge in [0.1, 0.15) is 5.75 Å². The van der Waals surface area contributed by atoms with Crippen LogP contribution in [0.1, 0.15) is 25.3 Å². The average molecular weight is 276 g/mol. The number of hydrogen-bond donors (Lipinski definition) is 1. The second-order valence-electron chi connectivity index (χ2n) is 5.45. The van der Waals surface area contributed by atoms with Crippen LogP contribution in [0.15, 0.2) is 60.7 Å². The summed E-state index contributed by atoms with van der Waals surface area (Å²) in [5, 5.41) is 12.8. The van der Waals surface area contributed by atoms with Crippen molar-refractivity contribution in [2.24, 2.45) is 0 Å². The molecule has 0 saturated heterocycles. The van der Waals surface area contributed by atoms with Crippen LogP contribution in [0.2, 0.25) is 0 Å². The van der Waals surface area contributed by atoms with Crippen LogP contribution in [-0.2, 0) is 6.42 Å². The molecular formula is C20H20O. The molecule has 3 aromatic carbocycles. The predicted octanol–water partition coefficient (Wildman–Crippen LogP) is 5.56. The SMILES string of the molecule is CCCCc1cc2ccccc2c(O)c1-c1ccccc1. The lowest BCUT2D eigenvalue weighted by Gasteiger charge is -2.14. The first-order valence-corrected chi connectivity index (χ1v) is 7.60. The number of benzene rings is 3. The second kappa shape index (κ2) is 6.01. The fourth-order valence-corrected chi connectivity index (χ4v) is 2.88. The van der Waals surface area contributed by atoms with E-state index in [1.54, 1.807) is 0 Å². The Kier molecular flexibility index (Phi) is 3.92. The van der Waals surface area contributed by atoms with Crippen molar-refractivity contribution in [3.8, 4) is 16.9 Å². The summed E-state index contributed by atoms with van der Waals surface area (Å²) >= 11 is 0. The molecule has 0 unspecified atom stereocenters. The first kappa shape index (κ1) is 13.7. The zero-order valence-corrected chi connectivity index (χ0v) is 12.3. The normalized spacial score (nSPS) is 10.9. The molecule has 3 rings (SSSR count). The Morgan fingerprint density at radius 3 is 2.38 bits per heavy atom. The number of phenols is 1. The number of rotatable bonds is 4. The lowest BCUT2D eigenvalue weighted by atomic mass is 9.91. The molecule has 0 saturated carbocycles. The van der Waals surface area contributed by atoms with E-state index in [-0.39, 0.29) is 0 Å². The highest BCUT2D eigenvalue weighted by molar-refractivity contribution is 5.96. The zero-order chi connectivity index (χ0) is 14.7. The molecule has 0 aliphatic rings. The highest BCUT2D eigenvalue weighted by Crippen LogP contribution is 2.39. The third-order valence-electron chi connectivity index (χ3n) is 3.97. The van der Waals surface area contributed by atoms with Gasteiger partial charge in [0.05, 0.1) is 0 Å². The second-order valence-corrected chi connectivity index (χ2v) is 5.45. The third kappa shape index (κ3) is 2.64. The molecule has 106 valence electrons. The molecule has 0 aromatic heterocycles. The average Bonchev–Trinajstić information content (AvgIpc) is 2.54. The van der Waals surface area contributed by atoms with Crippen LogP contribution in [0, 0.1) is 0 Å². The molecule has 0 atom stereocenters. The summed E-state index contributed by atoms with van der Waals surface area (Å²) in [6.45, 7) is 2.20. The van der Waals surface area contributed by atoms with Gasteiger partial charge in [0.15, 0.2) is 0 Å². The van der Waals surface area contributed by atoms with Crippen LogP contribution in [0.5, 0.6) is 5.75 Å². The molecule has 1 heteroatoms. The number of phenolic OH excluding ortho intramolecular Hbond substituents is 1. The Hall–Kier alpha value is -2.28. The van der Waals surface area contributed by atoms with Crippen molar-refractivity contribution in [1.29, 1.82) is 0 Å². The minimum atomic E-state index is 0.408. The molecular weight excluding hydrogens is 256 g/mol. The maximum atomic E-state index is 10.8. The van der Waals surface area contributed by atoms with Gasteiger partial charge in [-0.25, -0.2) is 0 Å². The van der Waals surface area contributed by atoms with Gasteiger partial charge in [-0.1, -0.05) is 74.0 Å². The standard InChI is InChI=1S/C20H20O/c1-2-3-9-17-14-16-12-7-8-13-18(16)20(21)19(17)15-10-5-4-6-11-15/h4-8,10-14,21H,2-3,9H2,1H3. The summed E-state index contributed by atoms with van der Waals surface area (Å²) in [6.07, 6.45) is 3.29. The maximum Gasteiger partial charge on any atom is 0.131 e. The molecule has 0 heterocycles. The van der Waals surface area contributed by atoms with Gasteiger partial charge in [-0.2, -0.15) is 0 Å². The van der Waals surface area contributed by atoms with E-state index < -0.39 is 0 Å². The Morgan fingerprint density at radius 1 is 0.905 bits per heavy atom. The number of aromatic hydroxyl groups is 1. The van der Waals surface area contributed by atoms with Gasteiger partial charge < -0.3 is 5.11 Å². The topological polar surface area (TPSA) is 20.2 Å². The van der Waals surface area contributed by atoms with E-state index in [9.17, 15) is 5.11 Å². The molecule has 0 spiro atoms. The van der Waals surface area contributed by atoms with Gasteiger partial charge in [-0.3, -0.25) is 0 Å². The van der Waals surface area contributed by atoms with Crippen LogP contribution in [-0.4, -0.2) is 5.11 Å². The van der Waals surface area contributed by atoms with Gasteiger partial charge >= 0.3 is 0 Å². The van der Waals surface area contributed by atoms with Crippen molar-refractivity contribution in [2.75, 3.05) is 0 Å². The molecule has 1 nitrogen and oxygen atoms in total. The number of hydrogen-bond acceptors (Lipinski definition) is 1. The van der Waals surface area contributed by atoms with Gasteiger partial charge in [0.25, 0.3) is 0 Å². The van der Waals surface area contributed by atoms with Crippen molar-refractivity contribution in [2.45, 2.75) is 26.2 Å². The quantitative estimate of drug-likeness (QED) is 0.662. The molecule has 0 radical (unpaired) electrons. The van der Waals surface area contributed by atoms with Crippen molar-refractivity contribution < 1.29 is 5.11 Å². The van der Waals surface area contributed by atoms with E-state index in [1.165, 1.54) is 5.56 Å². The number of aryl methyl sites for hydroxylation is 1. The first-order chi connectivity index (χ1) is 10.3. The molecule has 0 fully saturated rings. The third-order valence-corrected chi connectivity index (χ3v) is 3.97. The minimum absolute atomic E-state index is 0.408. The summed E-state index contributed by atoms with van der Waals surface area (Å²) in [6, 6.07) is 20.5. The highest BCUT2D eigenvalue weighted by atomic mass is 16.3. The molecule has 0 aliphatic heterocycles. The van der Waals surface area contributed by atoms with E-state index in [0.29, 0.717) is 5.75 Å². The van der Waals surface area contributed by atoms with Gasteiger partial charge in [0, 0.05) is 10.9 Å². The number of unbranched alkanes of at least 4 members (excludes halogenated alkanes) is 1. The molecule has 0 bridgehead atoms. The van der Waals surface area contributed by atoms with Crippen LogP contribution in [0.25, 0.3) is 21.9 Å². The van der Waals surface area contributed by atoms with Crippen LogP contribution in [0.3, 0.4) is 0 Å². The predicted molar refractivity (Wildman–Crippen MR) is 89.7 cm³/mol. The summed E-state index contributed by atoms with van der Waals surface area (Å²) in [5.41, 5.74) is 3.31. The maximum absolute atomic E-state index is 10.8. The van der Waals surface area contributed by atoms with Crippen LogP contribution >= 0.6 is 0 Å². The fraction of sp³-hybridized carbons (Fsp3) is 0.200. The summed E-state index contributed by atoms with van der Waals surface area (Å²) in [4.78, 5) is 0. The van der Waals surface area contributed by atoms with Crippen LogP contribution in [0.4, 0.5) is 0 Å². The van der Waals surface area contributed by atoms with E-state index in [1.807, 2.05) is 36.4 Å². The number of fused-ring (bicyclic) bond motifs is 1. The van der Waals surface area contributed by atoms with E-state index in [0.717, 1.165) is 41.2 Å². The Labute approximate surface area is 125 Å². The molecule has 21 heavy (non-hydrogen) atoms. The minimum Gasteiger partial charge on any atom is -0.507 e. The molecule has 0 amide bonds. The Balaban J connectivity index is 2.26. The zero-order valence-electron chi connectivity index (χ0n) is 12.3. The van der Waals surface area contributed by atoms with Crippen LogP contribution < -0.4 is 0 Å². The summed E-state index contributed by atoms with van der Waals surface area (Å²) in [7, 11) is 0. The monoisotopic (exact) mass is 276 g/mol. The van der Waals surface area contributed by atoms with Gasteiger partial charge in [0.2, 0.25) is 0 Å². The molecule has 0 aliphatic carbocycles. The summed E-state index contributed by atoms with van der Waals surface area (Å²) < 4.78 is 0. The lowest BCUT2D eigenvalue weighted by molar-refractivity contribution is 0.483. The van der Waals surface area contributed by atoms with Crippen molar-refractivity contribution in [1.82, 2.24) is 0 Å².